The first-order chi connectivity index (χ1) is 8.39. The van der Waals surface area contributed by atoms with E-state index in [1.807, 2.05) is 11.4 Å². The number of thiophene rings is 1. The van der Waals surface area contributed by atoms with Gasteiger partial charge in [-0.15, -0.1) is 11.3 Å². The smallest absolute Gasteiger partial charge is 0.318 e. The van der Waals surface area contributed by atoms with E-state index in [9.17, 15) is 13.2 Å². The van der Waals surface area contributed by atoms with Crippen LogP contribution in [0.25, 0.3) is 0 Å². The van der Waals surface area contributed by atoms with Crippen LogP contribution in [0.2, 0.25) is 0 Å². The fourth-order valence-electron chi connectivity index (χ4n) is 1.42. The Morgan fingerprint density at radius 2 is 2.00 bits per heavy atom. The van der Waals surface area contributed by atoms with Crippen molar-refractivity contribution in [2.45, 2.75) is 12.2 Å². The van der Waals surface area contributed by atoms with E-state index in [-0.39, 0.29) is 0 Å². The molecule has 2 rings (SSSR count). The molecule has 0 bridgehead atoms. The van der Waals surface area contributed by atoms with E-state index in [1.54, 1.807) is 0 Å². The van der Waals surface area contributed by atoms with Crippen molar-refractivity contribution < 1.29 is 13.2 Å². The van der Waals surface area contributed by atoms with Gasteiger partial charge in [-0.25, -0.2) is 0 Å². The van der Waals surface area contributed by atoms with Crippen LogP contribution in [-0.4, -0.2) is 4.98 Å². The van der Waals surface area contributed by atoms with Gasteiger partial charge in [0.25, 0.3) is 0 Å². The van der Waals surface area contributed by atoms with Crippen molar-refractivity contribution in [3.8, 4) is 0 Å². The molecule has 0 aliphatic rings. The zero-order valence-corrected chi connectivity index (χ0v) is 11.3. The van der Waals surface area contributed by atoms with E-state index in [4.69, 9.17) is 5.73 Å². The van der Waals surface area contributed by atoms with Crippen LogP contribution >= 0.6 is 27.3 Å². The molecule has 2 N–H and O–H groups in total. The molecule has 2 heterocycles. The zero-order chi connectivity index (χ0) is 13.3. The molecule has 0 aromatic carbocycles. The fourth-order valence-corrected chi connectivity index (χ4v) is 3.05. The lowest BCUT2D eigenvalue weighted by Gasteiger charge is -2.11. The Morgan fingerprint density at radius 1 is 1.28 bits per heavy atom. The Morgan fingerprint density at radius 3 is 2.44 bits per heavy atom. The van der Waals surface area contributed by atoms with E-state index < -0.39 is 17.8 Å². The van der Waals surface area contributed by atoms with Crippen LogP contribution < -0.4 is 5.73 Å². The molecule has 2 aromatic heterocycles. The number of halogens is 4. The van der Waals surface area contributed by atoms with Crippen molar-refractivity contribution >= 4 is 27.3 Å². The minimum atomic E-state index is -4.38. The minimum absolute atomic E-state index is 0.408. The molecule has 96 valence electrons. The summed E-state index contributed by atoms with van der Waals surface area (Å²) in [6.45, 7) is 0. The third-order valence-corrected chi connectivity index (χ3v) is 4.31. The van der Waals surface area contributed by atoms with Gasteiger partial charge in [-0.1, -0.05) is 0 Å². The number of hydrogen-bond acceptors (Lipinski definition) is 3. The van der Waals surface area contributed by atoms with Gasteiger partial charge in [0, 0.05) is 15.5 Å². The number of rotatable bonds is 2. The predicted octanol–water partition coefficient (Wildman–Crippen LogP) is 3.97. The van der Waals surface area contributed by atoms with Gasteiger partial charge in [0.1, 0.15) is 0 Å². The van der Waals surface area contributed by atoms with Crippen molar-refractivity contribution in [2.24, 2.45) is 5.73 Å². The quantitative estimate of drug-likeness (QED) is 0.901. The second-order valence-corrected chi connectivity index (χ2v) is 5.38. The van der Waals surface area contributed by atoms with Crippen molar-refractivity contribution in [1.82, 2.24) is 4.98 Å². The Labute approximate surface area is 114 Å². The third-order valence-electron chi connectivity index (χ3n) is 2.36. The van der Waals surface area contributed by atoms with Crippen LogP contribution in [0.4, 0.5) is 13.2 Å². The largest absolute Gasteiger partial charge is 0.417 e. The SMILES string of the molecule is NC(c1ccc(C(F)(F)F)cn1)c1sccc1Br. The average molecular weight is 337 g/mol. The Balaban J connectivity index is 2.28. The van der Waals surface area contributed by atoms with Crippen molar-refractivity contribution in [3.05, 3.63) is 50.4 Å². The molecule has 0 aliphatic carbocycles. The average Bonchev–Trinajstić information content (AvgIpc) is 2.73. The normalized spacial score (nSPS) is 13.6. The Kier molecular flexibility index (Phi) is 3.74. The summed E-state index contributed by atoms with van der Waals surface area (Å²) in [4.78, 5) is 4.62. The number of nitrogens with zero attached hydrogens (tertiary/aromatic N) is 1. The highest BCUT2D eigenvalue weighted by Crippen LogP contribution is 2.32. The summed E-state index contributed by atoms with van der Waals surface area (Å²) in [5.74, 6) is 0. The Hall–Kier alpha value is -0.920. The summed E-state index contributed by atoms with van der Waals surface area (Å²) in [5.41, 5.74) is 5.59. The predicted molar refractivity (Wildman–Crippen MR) is 67.3 cm³/mol. The molecule has 0 radical (unpaired) electrons. The zero-order valence-electron chi connectivity index (χ0n) is 8.91. The summed E-state index contributed by atoms with van der Waals surface area (Å²) in [6.07, 6.45) is -3.57. The molecule has 0 amide bonds. The second kappa shape index (κ2) is 4.99. The standard InChI is InChI=1S/C11H8BrF3N2S/c12-7-3-4-18-10(7)9(16)8-2-1-6(5-17-8)11(13,14)15/h1-5,9H,16H2. The minimum Gasteiger partial charge on any atom is -0.318 e. The highest BCUT2D eigenvalue weighted by atomic mass is 79.9. The summed E-state index contributed by atoms with van der Waals surface area (Å²) >= 11 is 4.76. The fraction of sp³-hybridized carbons (Fsp3) is 0.182. The van der Waals surface area contributed by atoms with Crippen LogP contribution in [0.1, 0.15) is 22.2 Å². The molecule has 0 aliphatic heterocycles. The van der Waals surface area contributed by atoms with E-state index in [0.717, 1.165) is 21.6 Å². The first kappa shape index (κ1) is 13.5. The maximum Gasteiger partial charge on any atom is 0.417 e. The first-order valence-electron chi connectivity index (χ1n) is 4.91. The highest BCUT2D eigenvalue weighted by molar-refractivity contribution is 9.10. The van der Waals surface area contributed by atoms with Gasteiger partial charge in [-0.2, -0.15) is 13.2 Å². The van der Waals surface area contributed by atoms with E-state index in [2.05, 4.69) is 20.9 Å². The molecule has 0 fully saturated rings. The monoisotopic (exact) mass is 336 g/mol. The number of alkyl halides is 3. The van der Waals surface area contributed by atoms with Gasteiger partial charge in [0.2, 0.25) is 0 Å². The maximum absolute atomic E-state index is 12.4. The van der Waals surface area contributed by atoms with Crippen molar-refractivity contribution in [3.63, 3.8) is 0 Å². The van der Waals surface area contributed by atoms with E-state index in [1.165, 1.54) is 17.4 Å². The lowest BCUT2D eigenvalue weighted by molar-refractivity contribution is -0.137. The van der Waals surface area contributed by atoms with Gasteiger partial charge in [-0.05, 0) is 39.5 Å². The molecule has 0 saturated carbocycles. The maximum atomic E-state index is 12.4. The molecule has 1 unspecified atom stereocenters. The van der Waals surface area contributed by atoms with Crippen LogP contribution in [-0.2, 0) is 6.18 Å². The van der Waals surface area contributed by atoms with Crippen LogP contribution in [0, 0.1) is 0 Å². The summed E-state index contributed by atoms with van der Waals surface area (Å²) in [6, 6.07) is 3.61. The molecule has 2 aromatic rings. The molecule has 2 nitrogen and oxygen atoms in total. The molecule has 7 heteroatoms. The molecule has 18 heavy (non-hydrogen) atoms. The van der Waals surface area contributed by atoms with Gasteiger partial charge >= 0.3 is 6.18 Å². The van der Waals surface area contributed by atoms with Crippen LogP contribution in [0.3, 0.4) is 0 Å². The summed E-state index contributed by atoms with van der Waals surface area (Å²) < 4.78 is 38.0. The molecular formula is C11H8BrF3N2S. The highest BCUT2D eigenvalue weighted by Gasteiger charge is 2.31. The van der Waals surface area contributed by atoms with Crippen LogP contribution in [0.5, 0.6) is 0 Å². The summed E-state index contributed by atoms with van der Waals surface area (Å²) in [7, 11) is 0. The first-order valence-corrected chi connectivity index (χ1v) is 6.58. The third kappa shape index (κ3) is 2.73. The van der Waals surface area contributed by atoms with E-state index >= 15 is 0 Å². The molecule has 0 saturated heterocycles. The second-order valence-electron chi connectivity index (χ2n) is 3.58. The lowest BCUT2D eigenvalue weighted by Crippen LogP contribution is -2.14. The number of aromatic nitrogens is 1. The molecular weight excluding hydrogens is 329 g/mol. The molecule has 0 spiro atoms. The molecule has 1 atom stereocenters. The van der Waals surface area contributed by atoms with Gasteiger partial charge < -0.3 is 5.73 Å². The number of nitrogens with two attached hydrogens (primary N) is 1. The number of hydrogen-bond donors (Lipinski definition) is 1. The lowest BCUT2D eigenvalue weighted by atomic mass is 10.1. The topological polar surface area (TPSA) is 38.9 Å². The van der Waals surface area contributed by atoms with Crippen molar-refractivity contribution in [1.29, 1.82) is 0 Å². The van der Waals surface area contributed by atoms with Crippen molar-refractivity contribution in [2.75, 3.05) is 0 Å². The number of pyridine rings is 1. The van der Waals surface area contributed by atoms with Crippen LogP contribution in [0.15, 0.2) is 34.2 Å². The van der Waals surface area contributed by atoms with E-state index in [0.29, 0.717) is 5.69 Å². The Bertz CT molecular complexity index is 536. The van der Waals surface area contributed by atoms with Gasteiger partial charge in [-0.3, -0.25) is 4.98 Å². The van der Waals surface area contributed by atoms with Gasteiger partial charge in [0.05, 0.1) is 17.3 Å². The van der Waals surface area contributed by atoms with Gasteiger partial charge in [0.15, 0.2) is 0 Å². The summed E-state index contributed by atoms with van der Waals surface area (Å²) in [5, 5.41) is 1.85.